The van der Waals surface area contributed by atoms with Crippen molar-refractivity contribution in [3.63, 3.8) is 0 Å². The molecule has 1 N–H and O–H groups in total. The van der Waals surface area contributed by atoms with Crippen LogP contribution in [0.2, 0.25) is 5.02 Å². The Morgan fingerprint density at radius 2 is 1.76 bits per heavy atom. The minimum Gasteiger partial charge on any atom is -0.494 e. The molecule has 29 heavy (non-hydrogen) atoms. The number of nitrogens with zero attached hydrogens (tertiary/aromatic N) is 1. The van der Waals surface area contributed by atoms with E-state index < -0.39 is 10.0 Å². The molecule has 0 unspecified atom stereocenters. The highest BCUT2D eigenvalue weighted by molar-refractivity contribution is 7.89. The van der Waals surface area contributed by atoms with E-state index in [1.165, 1.54) is 16.4 Å². The normalized spacial score (nSPS) is 11.5. The van der Waals surface area contributed by atoms with Crippen LogP contribution in [0.5, 0.6) is 5.75 Å². The number of carbonyl (C=O) groups is 1. The highest BCUT2D eigenvalue weighted by Crippen LogP contribution is 2.21. The monoisotopic (exact) mass is 438 g/mol. The highest BCUT2D eigenvalue weighted by atomic mass is 35.5. The number of anilines is 1. The average molecular weight is 439 g/mol. The third-order valence-electron chi connectivity index (χ3n) is 4.43. The van der Waals surface area contributed by atoms with Gasteiger partial charge in [-0.3, -0.25) is 4.79 Å². The van der Waals surface area contributed by atoms with Crippen LogP contribution < -0.4 is 10.1 Å². The first-order chi connectivity index (χ1) is 13.8. The molecule has 0 heterocycles. The predicted octanol–water partition coefficient (Wildman–Crippen LogP) is 4.48. The van der Waals surface area contributed by atoms with Crippen LogP contribution in [0.4, 0.5) is 5.69 Å². The summed E-state index contributed by atoms with van der Waals surface area (Å²) in [6, 6.07) is 11.6. The molecule has 158 valence electrons. The van der Waals surface area contributed by atoms with Crippen molar-refractivity contribution < 1.29 is 17.9 Å². The van der Waals surface area contributed by atoms with Crippen LogP contribution in [0.1, 0.15) is 32.3 Å². The molecule has 0 aliphatic rings. The Morgan fingerprint density at radius 1 is 1.10 bits per heavy atom. The van der Waals surface area contributed by atoms with Crippen molar-refractivity contribution in [1.82, 2.24) is 4.31 Å². The third kappa shape index (κ3) is 6.45. The molecule has 0 saturated heterocycles. The molecule has 8 heteroatoms. The first-order valence-corrected chi connectivity index (χ1v) is 11.4. The van der Waals surface area contributed by atoms with E-state index >= 15 is 0 Å². The molecule has 2 aromatic rings. The van der Waals surface area contributed by atoms with Gasteiger partial charge in [0.25, 0.3) is 0 Å². The molecular formula is C21H27ClN2O4S. The van der Waals surface area contributed by atoms with Gasteiger partial charge in [-0.1, -0.05) is 25.4 Å². The summed E-state index contributed by atoms with van der Waals surface area (Å²) in [5.74, 6) is 0.567. The molecule has 0 aliphatic carbocycles. The van der Waals surface area contributed by atoms with Gasteiger partial charge in [-0.15, -0.1) is 0 Å². The maximum absolute atomic E-state index is 12.5. The van der Waals surface area contributed by atoms with Gasteiger partial charge in [0.2, 0.25) is 15.9 Å². The molecule has 0 saturated carbocycles. The van der Waals surface area contributed by atoms with Crippen molar-refractivity contribution in [3.8, 4) is 5.75 Å². The van der Waals surface area contributed by atoms with E-state index in [2.05, 4.69) is 5.32 Å². The second-order valence-corrected chi connectivity index (χ2v) is 8.87. The molecule has 0 fully saturated rings. The second-order valence-electron chi connectivity index (χ2n) is 6.52. The lowest BCUT2D eigenvalue weighted by molar-refractivity contribution is -0.116. The first-order valence-electron chi connectivity index (χ1n) is 9.57. The topological polar surface area (TPSA) is 75.7 Å². The number of hydrogen-bond acceptors (Lipinski definition) is 4. The van der Waals surface area contributed by atoms with Gasteiger partial charge in [0.05, 0.1) is 11.5 Å². The zero-order valence-electron chi connectivity index (χ0n) is 16.9. The van der Waals surface area contributed by atoms with Crippen molar-refractivity contribution in [2.45, 2.75) is 38.5 Å². The third-order valence-corrected chi connectivity index (χ3v) is 6.92. The number of nitrogens with one attached hydrogen (secondary N) is 1. The molecule has 0 aliphatic heterocycles. The number of ether oxygens (including phenoxy) is 1. The average Bonchev–Trinajstić information content (AvgIpc) is 2.69. The maximum Gasteiger partial charge on any atom is 0.243 e. The molecule has 0 radical (unpaired) electrons. The quantitative estimate of drug-likeness (QED) is 0.555. The van der Waals surface area contributed by atoms with E-state index in [9.17, 15) is 13.2 Å². The standard InChI is InChI=1S/C21H27ClN2O4S/c1-4-24(5-2)29(26,27)19-11-8-17(9-12-19)23-21(25)7-6-14-28-18-10-13-20(22)16(3)15-18/h8-13,15H,4-7,14H2,1-3H3,(H,23,25). The number of amides is 1. The lowest BCUT2D eigenvalue weighted by Gasteiger charge is -2.18. The number of aryl methyl sites for hydroxylation is 1. The molecule has 1 amide bonds. The van der Waals surface area contributed by atoms with Gasteiger partial charge in [0.1, 0.15) is 5.75 Å². The van der Waals surface area contributed by atoms with Gasteiger partial charge < -0.3 is 10.1 Å². The summed E-state index contributed by atoms with van der Waals surface area (Å²) in [5.41, 5.74) is 1.50. The molecule has 2 rings (SSSR count). The van der Waals surface area contributed by atoms with Crippen LogP contribution in [-0.4, -0.2) is 38.3 Å². The SMILES string of the molecule is CCN(CC)S(=O)(=O)c1ccc(NC(=O)CCCOc2ccc(Cl)c(C)c2)cc1. The Morgan fingerprint density at radius 3 is 2.34 bits per heavy atom. The number of hydrogen-bond donors (Lipinski definition) is 1. The smallest absolute Gasteiger partial charge is 0.243 e. The van der Waals surface area contributed by atoms with Crippen LogP contribution in [0.15, 0.2) is 47.4 Å². The number of carbonyl (C=O) groups excluding carboxylic acids is 1. The van der Waals surface area contributed by atoms with Crippen LogP contribution >= 0.6 is 11.6 Å². The lowest BCUT2D eigenvalue weighted by Crippen LogP contribution is -2.30. The van der Waals surface area contributed by atoms with Crippen molar-refractivity contribution in [2.75, 3.05) is 25.0 Å². The molecule has 0 atom stereocenters. The van der Waals surface area contributed by atoms with Gasteiger partial charge in [-0.05, 0) is 61.4 Å². The summed E-state index contributed by atoms with van der Waals surface area (Å²) in [7, 11) is -3.50. The Balaban J connectivity index is 1.82. The van der Waals surface area contributed by atoms with E-state index in [1.54, 1.807) is 38.1 Å². The van der Waals surface area contributed by atoms with Gasteiger partial charge in [0.15, 0.2) is 0 Å². The molecule has 0 bridgehead atoms. The summed E-state index contributed by atoms with van der Waals surface area (Å²) >= 11 is 5.98. The fraction of sp³-hybridized carbons (Fsp3) is 0.381. The molecule has 0 spiro atoms. The molecule has 6 nitrogen and oxygen atoms in total. The zero-order chi connectivity index (χ0) is 21.4. The minimum absolute atomic E-state index is 0.153. The molecule has 0 aromatic heterocycles. The molecular weight excluding hydrogens is 412 g/mol. The largest absolute Gasteiger partial charge is 0.494 e. The van der Waals surface area contributed by atoms with Gasteiger partial charge in [0, 0.05) is 30.2 Å². The Bertz CT molecular complexity index is 926. The van der Waals surface area contributed by atoms with Gasteiger partial charge in [-0.25, -0.2) is 8.42 Å². The van der Waals surface area contributed by atoms with Crippen molar-refractivity contribution in [2.24, 2.45) is 0 Å². The Kier molecular flexibility index (Phi) is 8.49. The van der Waals surface area contributed by atoms with Crippen molar-refractivity contribution in [1.29, 1.82) is 0 Å². The minimum atomic E-state index is -3.50. The lowest BCUT2D eigenvalue weighted by atomic mass is 10.2. The predicted molar refractivity (Wildman–Crippen MR) is 116 cm³/mol. The number of benzene rings is 2. The number of halogens is 1. The second kappa shape index (κ2) is 10.6. The number of rotatable bonds is 10. The van der Waals surface area contributed by atoms with Crippen LogP contribution in [0.3, 0.4) is 0 Å². The van der Waals surface area contributed by atoms with Crippen LogP contribution in [0.25, 0.3) is 0 Å². The fourth-order valence-corrected chi connectivity index (χ4v) is 4.35. The number of sulfonamides is 1. The fourth-order valence-electron chi connectivity index (χ4n) is 2.78. The summed E-state index contributed by atoms with van der Waals surface area (Å²) < 4.78 is 32.0. The highest BCUT2D eigenvalue weighted by Gasteiger charge is 2.21. The Hall–Kier alpha value is -2.09. The van der Waals surface area contributed by atoms with Crippen molar-refractivity contribution >= 4 is 33.2 Å². The zero-order valence-corrected chi connectivity index (χ0v) is 18.5. The van der Waals surface area contributed by atoms with Gasteiger partial charge >= 0.3 is 0 Å². The summed E-state index contributed by atoms with van der Waals surface area (Å²) in [6.45, 7) is 6.74. The van der Waals surface area contributed by atoms with E-state index in [-0.39, 0.29) is 10.8 Å². The van der Waals surface area contributed by atoms with Crippen LogP contribution in [-0.2, 0) is 14.8 Å². The molecule has 2 aromatic carbocycles. The van der Waals surface area contributed by atoms with Crippen LogP contribution in [0, 0.1) is 6.92 Å². The van der Waals surface area contributed by atoms with E-state index in [0.29, 0.717) is 43.2 Å². The Labute approximate surface area is 177 Å². The maximum atomic E-state index is 12.5. The van der Waals surface area contributed by atoms with Crippen molar-refractivity contribution in [3.05, 3.63) is 53.1 Å². The van der Waals surface area contributed by atoms with E-state index in [4.69, 9.17) is 16.3 Å². The van der Waals surface area contributed by atoms with E-state index in [1.807, 2.05) is 13.0 Å². The van der Waals surface area contributed by atoms with E-state index in [0.717, 1.165) is 11.3 Å². The summed E-state index contributed by atoms with van der Waals surface area (Å²) in [6.07, 6.45) is 0.855. The van der Waals surface area contributed by atoms with Gasteiger partial charge in [-0.2, -0.15) is 4.31 Å². The summed E-state index contributed by atoms with van der Waals surface area (Å²) in [5, 5.41) is 3.46. The first kappa shape index (κ1) is 23.2. The summed E-state index contributed by atoms with van der Waals surface area (Å²) in [4.78, 5) is 12.3.